The molecule has 2 aliphatic rings. The van der Waals surface area contributed by atoms with Crippen molar-refractivity contribution in [3.05, 3.63) is 41.1 Å². The van der Waals surface area contributed by atoms with Gasteiger partial charge in [-0.1, -0.05) is 0 Å². The van der Waals surface area contributed by atoms with Crippen LogP contribution in [0.1, 0.15) is 37.6 Å². The average Bonchev–Trinajstić information content (AvgIpc) is 2.87. The number of nitrogens with zero attached hydrogens (tertiary/aromatic N) is 2. The van der Waals surface area contributed by atoms with Crippen LogP contribution in [0.15, 0.2) is 29.3 Å². The van der Waals surface area contributed by atoms with Crippen LogP contribution in [0.25, 0.3) is 11.3 Å². The Kier molecular flexibility index (Phi) is 3.10. The number of ether oxygens (including phenoxy) is 1. The average molecular weight is 294 g/mol. The standard InChI is InChI=1S/C19H22N2O/c1-12(2)22-16-6-7-17-14(10-16)4-5-15-11-18-13(3)20-8-9-21(18)19(15)17/h6-7,10-12H,4-5,8-9H2,1-3H3. The van der Waals surface area contributed by atoms with E-state index in [0.717, 1.165) is 31.7 Å². The number of hydrogen-bond donors (Lipinski definition) is 0. The fourth-order valence-corrected chi connectivity index (χ4v) is 3.67. The van der Waals surface area contributed by atoms with Crippen LogP contribution in [-0.2, 0) is 19.4 Å². The molecule has 0 atom stereocenters. The fourth-order valence-electron chi connectivity index (χ4n) is 3.67. The molecule has 0 amide bonds. The van der Waals surface area contributed by atoms with Gasteiger partial charge in [-0.05, 0) is 69.0 Å². The van der Waals surface area contributed by atoms with Crippen molar-refractivity contribution in [3.63, 3.8) is 0 Å². The molecule has 0 saturated carbocycles. The molecular weight excluding hydrogens is 272 g/mol. The molecule has 2 heterocycles. The normalized spacial score (nSPS) is 15.9. The minimum Gasteiger partial charge on any atom is -0.491 e. The first-order valence-electron chi connectivity index (χ1n) is 8.17. The number of aryl methyl sites for hydroxylation is 2. The molecule has 4 rings (SSSR count). The van der Waals surface area contributed by atoms with E-state index in [1.54, 1.807) is 0 Å². The summed E-state index contributed by atoms with van der Waals surface area (Å²) in [7, 11) is 0. The molecule has 22 heavy (non-hydrogen) atoms. The second kappa shape index (κ2) is 5.01. The Labute approximate surface area is 131 Å². The highest BCUT2D eigenvalue weighted by Gasteiger charge is 2.25. The van der Waals surface area contributed by atoms with Gasteiger partial charge in [-0.25, -0.2) is 0 Å². The Balaban J connectivity index is 1.83. The van der Waals surface area contributed by atoms with Crippen LogP contribution in [0.4, 0.5) is 0 Å². The Morgan fingerprint density at radius 2 is 1.95 bits per heavy atom. The molecule has 1 aromatic heterocycles. The highest BCUT2D eigenvalue weighted by atomic mass is 16.5. The van der Waals surface area contributed by atoms with Gasteiger partial charge in [0.2, 0.25) is 0 Å². The maximum atomic E-state index is 5.85. The van der Waals surface area contributed by atoms with Gasteiger partial charge in [0.25, 0.3) is 0 Å². The van der Waals surface area contributed by atoms with E-state index in [1.807, 2.05) is 0 Å². The second-order valence-electron chi connectivity index (χ2n) is 6.51. The van der Waals surface area contributed by atoms with Crippen LogP contribution >= 0.6 is 0 Å². The van der Waals surface area contributed by atoms with Crippen LogP contribution in [0, 0.1) is 0 Å². The summed E-state index contributed by atoms with van der Waals surface area (Å²) in [6.07, 6.45) is 2.43. The molecule has 0 spiro atoms. The molecule has 0 saturated heterocycles. The molecule has 1 aromatic carbocycles. The Bertz CT molecular complexity index is 768. The third-order valence-electron chi connectivity index (χ3n) is 4.59. The molecular formula is C19H22N2O. The summed E-state index contributed by atoms with van der Waals surface area (Å²) in [5.74, 6) is 0.986. The summed E-state index contributed by atoms with van der Waals surface area (Å²) in [6.45, 7) is 8.15. The zero-order valence-corrected chi connectivity index (χ0v) is 13.5. The van der Waals surface area contributed by atoms with Gasteiger partial charge < -0.3 is 9.30 Å². The first-order chi connectivity index (χ1) is 10.6. The Morgan fingerprint density at radius 1 is 1.14 bits per heavy atom. The highest BCUT2D eigenvalue weighted by Crippen LogP contribution is 2.38. The molecule has 114 valence electrons. The van der Waals surface area contributed by atoms with E-state index in [2.05, 4.69) is 54.6 Å². The third kappa shape index (κ3) is 2.07. The predicted octanol–water partition coefficient (Wildman–Crippen LogP) is 3.86. The maximum Gasteiger partial charge on any atom is 0.120 e. The first kappa shape index (κ1) is 13.6. The quantitative estimate of drug-likeness (QED) is 0.826. The van der Waals surface area contributed by atoms with Crippen LogP contribution < -0.4 is 4.74 Å². The lowest BCUT2D eigenvalue weighted by atomic mass is 9.90. The molecule has 2 aromatic rings. The predicted molar refractivity (Wildman–Crippen MR) is 90.1 cm³/mol. The zero-order chi connectivity index (χ0) is 15.3. The van der Waals surface area contributed by atoms with Gasteiger partial charge >= 0.3 is 0 Å². The second-order valence-corrected chi connectivity index (χ2v) is 6.51. The summed E-state index contributed by atoms with van der Waals surface area (Å²) in [5, 5.41) is 0. The lowest BCUT2D eigenvalue weighted by Crippen LogP contribution is -2.17. The van der Waals surface area contributed by atoms with Gasteiger partial charge in [0.05, 0.1) is 29.7 Å². The SMILES string of the molecule is CC1=NCCn2c1cc1c2-c2ccc(OC(C)C)cc2CC1. The summed E-state index contributed by atoms with van der Waals surface area (Å²) >= 11 is 0. The largest absolute Gasteiger partial charge is 0.491 e. The minimum absolute atomic E-state index is 0.220. The van der Waals surface area contributed by atoms with E-state index >= 15 is 0 Å². The van der Waals surface area contributed by atoms with Gasteiger partial charge in [-0.2, -0.15) is 0 Å². The van der Waals surface area contributed by atoms with Gasteiger partial charge in [0.1, 0.15) is 5.75 Å². The maximum absolute atomic E-state index is 5.85. The van der Waals surface area contributed by atoms with E-state index in [1.165, 1.54) is 33.8 Å². The van der Waals surface area contributed by atoms with Crippen molar-refractivity contribution in [1.29, 1.82) is 0 Å². The molecule has 3 heteroatoms. The van der Waals surface area contributed by atoms with Crippen LogP contribution in [0.5, 0.6) is 5.75 Å². The molecule has 0 bridgehead atoms. The molecule has 0 radical (unpaired) electrons. The van der Waals surface area contributed by atoms with E-state index in [4.69, 9.17) is 4.74 Å². The van der Waals surface area contributed by atoms with Crippen LogP contribution in [-0.4, -0.2) is 22.9 Å². The summed E-state index contributed by atoms with van der Waals surface area (Å²) in [6, 6.07) is 8.91. The smallest absolute Gasteiger partial charge is 0.120 e. The van der Waals surface area contributed by atoms with Crippen molar-refractivity contribution in [3.8, 4) is 17.0 Å². The zero-order valence-electron chi connectivity index (χ0n) is 13.5. The number of aromatic nitrogens is 1. The van der Waals surface area contributed by atoms with Crippen LogP contribution in [0.3, 0.4) is 0 Å². The fraction of sp³-hybridized carbons (Fsp3) is 0.421. The molecule has 1 aliphatic carbocycles. The van der Waals surface area contributed by atoms with Gasteiger partial charge in [0, 0.05) is 12.1 Å². The van der Waals surface area contributed by atoms with E-state index in [9.17, 15) is 0 Å². The summed E-state index contributed by atoms with van der Waals surface area (Å²) in [4.78, 5) is 4.59. The third-order valence-corrected chi connectivity index (χ3v) is 4.59. The van der Waals surface area contributed by atoms with Gasteiger partial charge in [0.15, 0.2) is 0 Å². The van der Waals surface area contributed by atoms with Gasteiger partial charge in [-0.15, -0.1) is 0 Å². The van der Waals surface area contributed by atoms with E-state index < -0.39 is 0 Å². The molecule has 0 unspecified atom stereocenters. The topological polar surface area (TPSA) is 26.5 Å². The van der Waals surface area contributed by atoms with Crippen LogP contribution in [0.2, 0.25) is 0 Å². The lowest BCUT2D eigenvalue weighted by Gasteiger charge is -2.23. The number of benzene rings is 1. The van der Waals surface area contributed by atoms with Gasteiger partial charge in [-0.3, -0.25) is 4.99 Å². The van der Waals surface area contributed by atoms with Crippen molar-refractivity contribution < 1.29 is 4.74 Å². The van der Waals surface area contributed by atoms with Crippen molar-refractivity contribution >= 4 is 5.71 Å². The Morgan fingerprint density at radius 3 is 2.77 bits per heavy atom. The minimum atomic E-state index is 0.220. The number of fused-ring (bicyclic) bond motifs is 5. The van der Waals surface area contributed by atoms with E-state index in [-0.39, 0.29) is 6.10 Å². The number of aliphatic imine (C=N–C) groups is 1. The van der Waals surface area contributed by atoms with Crippen molar-refractivity contribution in [2.45, 2.75) is 46.3 Å². The molecule has 1 aliphatic heterocycles. The first-order valence-corrected chi connectivity index (χ1v) is 8.17. The molecule has 0 N–H and O–H groups in total. The molecule has 0 fully saturated rings. The number of hydrogen-bond acceptors (Lipinski definition) is 2. The van der Waals surface area contributed by atoms with Crippen molar-refractivity contribution in [2.75, 3.05) is 6.54 Å². The lowest BCUT2D eigenvalue weighted by molar-refractivity contribution is 0.242. The highest BCUT2D eigenvalue weighted by molar-refractivity contribution is 5.99. The van der Waals surface area contributed by atoms with Crippen molar-refractivity contribution in [1.82, 2.24) is 4.57 Å². The Hall–Kier alpha value is -2.03. The summed E-state index contributed by atoms with van der Waals surface area (Å²) in [5.41, 5.74) is 8.12. The number of rotatable bonds is 2. The molecule has 3 nitrogen and oxygen atoms in total. The summed E-state index contributed by atoms with van der Waals surface area (Å²) < 4.78 is 8.31. The monoisotopic (exact) mass is 294 g/mol. The van der Waals surface area contributed by atoms with Crippen molar-refractivity contribution in [2.24, 2.45) is 4.99 Å². The van der Waals surface area contributed by atoms with E-state index in [0.29, 0.717) is 0 Å².